The van der Waals surface area contributed by atoms with Crippen molar-refractivity contribution < 1.29 is 9.53 Å². The van der Waals surface area contributed by atoms with Gasteiger partial charge in [0.15, 0.2) is 0 Å². The third kappa shape index (κ3) is 5.22. The van der Waals surface area contributed by atoms with Crippen LogP contribution < -0.4 is 5.73 Å². The molecule has 0 saturated carbocycles. The van der Waals surface area contributed by atoms with Crippen molar-refractivity contribution >= 4 is 6.09 Å². The molecular formula is C13H24N2O2. The van der Waals surface area contributed by atoms with Gasteiger partial charge in [-0.1, -0.05) is 11.6 Å². The highest BCUT2D eigenvalue weighted by atomic mass is 16.6. The first-order chi connectivity index (χ1) is 7.78. The van der Waals surface area contributed by atoms with Crippen LogP contribution in [0.25, 0.3) is 0 Å². The molecule has 4 nitrogen and oxygen atoms in total. The number of nitrogens with two attached hydrogens (primary N) is 1. The van der Waals surface area contributed by atoms with Crippen LogP contribution in [0.4, 0.5) is 4.79 Å². The Morgan fingerprint density at radius 1 is 1.59 bits per heavy atom. The van der Waals surface area contributed by atoms with Gasteiger partial charge in [-0.3, -0.25) is 0 Å². The van der Waals surface area contributed by atoms with E-state index >= 15 is 0 Å². The molecule has 1 aliphatic heterocycles. The predicted octanol–water partition coefficient (Wildman–Crippen LogP) is 2.29. The van der Waals surface area contributed by atoms with Crippen LogP contribution in [0.3, 0.4) is 0 Å². The molecular weight excluding hydrogens is 216 g/mol. The van der Waals surface area contributed by atoms with E-state index in [-0.39, 0.29) is 12.1 Å². The lowest BCUT2D eigenvalue weighted by molar-refractivity contribution is 0.0265. The summed E-state index contributed by atoms with van der Waals surface area (Å²) in [6, 6.07) is 0.189. The monoisotopic (exact) mass is 240 g/mol. The molecule has 1 amide bonds. The quantitative estimate of drug-likeness (QED) is 0.753. The van der Waals surface area contributed by atoms with Crippen LogP contribution in [-0.2, 0) is 4.74 Å². The number of ether oxygens (including phenoxy) is 1. The van der Waals surface area contributed by atoms with Gasteiger partial charge >= 0.3 is 6.09 Å². The summed E-state index contributed by atoms with van der Waals surface area (Å²) in [5.74, 6) is 0. The van der Waals surface area contributed by atoms with E-state index < -0.39 is 5.60 Å². The molecule has 4 heteroatoms. The Bertz CT molecular complexity index is 303. The third-order valence-electron chi connectivity index (χ3n) is 2.54. The second-order valence-electron chi connectivity index (χ2n) is 5.72. The van der Waals surface area contributed by atoms with E-state index in [1.54, 1.807) is 4.90 Å². The fourth-order valence-corrected chi connectivity index (χ4v) is 1.80. The molecule has 0 bridgehead atoms. The Morgan fingerprint density at radius 3 is 2.65 bits per heavy atom. The van der Waals surface area contributed by atoms with Crippen LogP contribution in [0, 0.1) is 0 Å². The molecule has 1 heterocycles. The highest BCUT2D eigenvalue weighted by molar-refractivity contribution is 5.68. The lowest BCUT2D eigenvalue weighted by atomic mass is 10.0. The van der Waals surface area contributed by atoms with E-state index in [1.165, 1.54) is 5.57 Å². The first-order valence-corrected chi connectivity index (χ1v) is 6.19. The molecule has 0 aliphatic carbocycles. The van der Waals surface area contributed by atoms with Gasteiger partial charge in [0, 0.05) is 19.1 Å². The van der Waals surface area contributed by atoms with Crippen molar-refractivity contribution in [2.75, 3.05) is 13.1 Å². The second kappa shape index (κ2) is 5.54. The SMILES string of the molecule is CC(N)CC1=CCN(C(=O)OC(C)(C)C)CC1. The van der Waals surface area contributed by atoms with E-state index in [4.69, 9.17) is 10.5 Å². The lowest BCUT2D eigenvalue weighted by Crippen LogP contribution is -2.39. The maximum atomic E-state index is 11.8. The number of nitrogens with zero attached hydrogens (tertiary/aromatic N) is 1. The van der Waals surface area contributed by atoms with E-state index in [9.17, 15) is 4.79 Å². The van der Waals surface area contributed by atoms with Crippen molar-refractivity contribution in [1.82, 2.24) is 4.90 Å². The van der Waals surface area contributed by atoms with Crippen LogP contribution in [-0.4, -0.2) is 35.7 Å². The molecule has 98 valence electrons. The molecule has 0 aromatic heterocycles. The summed E-state index contributed by atoms with van der Waals surface area (Å²) in [7, 11) is 0. The summed E-state index contributed by atoms with van der Waals surface area (Å²) in [4.78, 5) is 13.5. The first-order valence-electron chi connectivity index (χ1n) is 6.19. The molecule has 0 aromatic carbocycles. The van der Waals surface area contributed by atoms with Crippen LogP contribution in [0.2, 0.25) is 0 Å². The molecule has 1 rings (SSSR count). The average Bonchev–Trinajstić information content (AvgIpc) is 2.15. The Morgan fingerprint density at radius 2 is 2.24 bits per heavy atom. The normalized spacial score (nSPS) is 18.6. The maximum absolute atomic E-state index is 11.8. The average molecular weight is 240 g/mol. The van der Waals surface area contributed by atoms with Gasteiger partial charge in [-0.25, -0.2) is 4.79 Å². The summed E-state index contributed by atoms with van der Waals surface area (Å²) in [5.41, 5.74) is 6.68. The van der Waals surface area contributed by atoms with Gasteiger partial charge in [0.05, 0.1) is 0 Å². The summed E-state index contributed by atoms with van der Waals surface area (Å²) in [6.45, 7) is 9.01. The minimum Gasteiger partial charge on any atom is -0.444 e. The van der Waals surface area contributed by atoms with E-state index in [0.29, 0.717) is 6.54 Å². The number of rotatable bonds is 2. The van der Waals surface area contributed by atoms with Gasteiger partial charge in [0.2, 0.25) is 0 Å². The van der Waals surface area contributed by atoms with Crippen molar-refractivity contribution in [3.63, 3.8) is 0 Å². The molecule has 1 aliphatic rings. The van der Waals surface area contributed by atoms with Crippen molar-refractivity contribution in [2.24, 2.45) is 5.73 Å². The Balaban J connectivity index is 2.46. The molecule has 0 fully saturated rings. The third-order valence-corrected chi connectivity index (χ3v) is 2.54. The standard InChI is InChI=1S/C13H24N2O2/c1-10(14)9-11-5-7-15(8-6-11)12(16)17-13(2,3)4/h5,10H,6-9,14H2,1-4H3. The minimum absolute atomic E-state index is 0.189. The molecule has 0 spiro atoms. The Kier molecular flexibility index (Phi) is 4.57. The number of carbonyl (C=O) groups is 1. The van der Waals surface area contributed by atoms with E-state index in [0.717, 1.165) is 19.4 Å². The van der Waals surface area contributed by atoms with Crippen molar-refractivity contribution in [1.29, 1.82) is 0 Å². The fraction of sp³-hybridized carbons (Fsp3) is 0.769. The van der Waals surface area contributed by atoms with Crippen LogP contribution in [0.15, 0.2) is 11.6 Å². The molecule has 17 heavy (non-hydrogen) atoms. The Labute approximate surface area is 104 Å². The second-order valence-corrected chi connectivity index (χ2v) is 5.72. The van der Waals surface area contributed by atoms with Gasteiger partial charge in [-0.05, 0) is 40.5 Å². The van der Waals surface area contributed by atoms with Gasteiger partial charge in [-0.15, -0.1) is 0 Å². The van der Waals surface area contributed by atoms with E-state index in [2.05, 4.69) is 6.08 Å². The summed E-state index contributed by atoms with van der Waals surface area (Å²) < 4.78 is 5.33. The predicted molar refractivity (Wildman–Crippen MR) is 68.8 cm³/mol. The largest absolute Gasteiger partial charge is 0.444 e. The number of carbonyl (C=O) groups excluding carboxylic acids is 1. The zero-order chi connectivity index (χ0) is 13.1. The lowest BCUT2D eigenvalue weighted by Gasteiger charge is -2.29. The zero-order valence-electron chi connectivity index (χ0n) is 11.3. The smallest absolute Gasteiger partial charge is 0.410 e. The molecule has 1 unspecified atom stereocenters. The first kappa shape index (κ1) is 14.0. The Hall–Kier alpha value is -1.03. The maximum Gasteiger partial charge on any atom is 0.410 e. The molecule has 0 radical (unpaired) electrons. The fourth-order valence-electron chi connectivity index (χ4n) is 1.80. The van der Waals surface area contributed by atoms with Crippen LogP contribution >= 0.6 is 0 Å². The summed E-state index contributed by atoms with van der Waals surface area (Å²) in [6.07, 6.45) is 3.69. The molecule has 2 N–H and O–H groups in total. The van der Waals surface area contributed by atoms with Gasteiger partial charge in [0.1, 0.15) is 5.60 Å². The topological polar surface area (TPSA) is 55.6 Å². The summed E-state index contributed by atoms with van der Waals surface area (Å²) in [5, 5.41) is 0. The summed E-state index contributed by atoms with van der Waals surface area (Å²) >= 11 is 0. The van der Waals surface area contributed by atoms with Crippen LogP contribution in [0.5, 0.6) is 0 Å². The minimum atomic E-state index is -0.424. The highest BCUT2D eigenvalue weighted by Crippen LogP contribution is 2.17. The number of hydrogen-bond acceptors (Lipinski definition) is 3. The number of amides is 1. The molecule has 1 atom stereocenters. The highest BCUT2D eigenvalue weighted by Gasteiger charge is 2.23. The molecule has 0 saturated heterocycles. The van der Waals surface area contributed by atoms with Gasteiger partial charge in [-0.2, -0.15) is 0 Å². The van der Waals surface area contributed by atoms with Gasteiger partial charge < -0.3 is 15.4 Å². The molecule has 0 aromatic rings. The van der Waals surface area contributed by atoms with Crippen molar-refractivity contribution in [3.8, 4) is 0 Å². The van der Waals surface area contributed by atoms with Crippen molar-refractivity contribution in [3.05, 3.63) is 11.6 Å². The number of hydrogen-bond donors (Lipinski definition) is 1. The van der Waals surface area contributed by atoms with E-state index in [1.807, 2.05) is 27.7 Å². The van der Waals surface area contributed by atoms with Crippen molar-refractivity contribution in [2.45, 2.75) is 52.2 Å². The van der Waals surface area contributed by atoms with Crippen LogP contribution in [0.1, 0.15) is 40.5 Å². The zero-order valence-corrected chi connectivity index (χ0v) is 11.3. The van der Waals surface area contributed by atoms with Gasteiger partial charge in [0.25, 0.3) is 0 Å².